The largest absolute Gasteiger partial charge is 0.495 e. The van der Waals surface area contributed by atoms with Gasteiger partial charge in [-0.1, -0.05) is 12.1 Å². The van der Waals surface area contributed by atoms with Gasteiger partial charge in [0.05, 0.1) is 24.8 Å². The molecule has 0 aliphatic rings. The number of hydrogen-bond acceptors (Lipinski definition) is 8. The number of non-ortho nitro benzene ring substituents is 1. The highest BCUT2D eigenvalue weighted by Gasteiger charge is 2.13. The molecule has 0 unspecified atom stereocenters. The molecule has 0 saturated carbocycles. The summed E-state index contributed by atoms with van der Waals surface area (Å²) in [5, 5.41) is 19.3. The molecule has 3 aromatic carbocycles. The summed E-state index contributed by atoms with van der Waals surface area (Å²) >= 11 is 0. The zero-order valence-corrected chi connectivity index (χ0v) is 19.8. The molecule has 11 nitrogen and oxygen atoms in total. The standard InChI is InChI=1S/C25H26N4O7/c1-34-21-6-4-3-5-20(21)28-24(30)16-36-22-12-7-17(15-23(22)35-2)25(31)27-14-13-26-18-8-10-19(11-9-18)29(32)33/h3-12,15,26H,13-14,16H2,1-2H3,(H,27,31)(H,28,30). The number of hydrogen-bond donors (Lipinski definition) is 3. The second-order valence-electron chi connectivity index (χ2n) is 7.39. The number of nitro groups is 1. The second-order valence-corrected chi connectivity index (χ2v) is 7.39. The van der Waals surface area contributed by atoms with Crippen molar-refractivity contribution < 1.29 is 28.7 Å². The molecule has 0 fully saturated rings. The molecule has 0 aromatic heterocycles. The van der Waals surface area contributed by atoms with Crippen LogP contribution in [0.3, 0.4) is 0 Å². The van der Waals surface area contributed by atoms with E-state index >= 15 is 0 Å². The molecule has 188 valence electrons. The van der Waals surface area contributed by atoms with Gasteiger partial charge in [-0.2, -0.15) is 0 Å². The lowest BCUT2D eigenvalue weighted by atomic mass is 10.2. The highest BCUT2D eigenvalue weighted by Crippen LogP contribution is 2.28. The number of ether oxygens (including phenoxy) is 3. The fourth-order valence-electron chi connectivity index (χ4n) is 3.19. The fraction of sp³-hybridized carbons (Fsp3) is 0.200. The predicted molar refractivity (Wildman–Crippen MR) is 134 cm³/mol. The lowest BCUT2D eigenvalue weighted by Crippen LogP contribution is -2.28. The fourth-order valence-corrected chi connectivity index (χ4v) is 3.19. The first kappa shape index (κ1) is 25.8. The van der Waals surface area contributed by atoms with Gasteiger partial charge in [-0.15, -0.1) is 0 Å². The van der Waals surface area contributed by atoms with Crippen LogP contribution in [-0.2, 0) is 4.79 Å². The predicted octanol–water partition coefficient (Wildman–Crippen LogP) is 3.47. The van der Waals surface area contributed by atoms with Crippen LogP contribution in [0.2, 0.25) is 0 Å². The summed E-state index contributed by atoms with van der Waals surface area (Å²) in [6, 6.07) is 17.7. The molecule has 0 heterocycles. The van der Waals surface area contributed by atoms with Crippen LogP contribution in [-0.4, -0.2) is 50.7 Å². The highest BCUT2D eigenvalue weighted by molar-refractivity contribution is 5.95. The minimum absolute atomic E-state index is 0.00674. The minimum Gasteiger partial charge on any atom is -0.495 e. The SMILES string of the molecule is COc1ccccc1NC(=O)COc1ccc(C(=O)NCCNc2ccc([N+](=O)[O-])cc2)cc1OC. The zero-order valence-electron chi connectivity index (χ0n) is 19.8. The third kappa shape index (κ3) is 7.10. The smallest absolute Gasteiger partial charge is 0.269 e. The molecule has 36 heavy (non-hydrogen) atoms. The molecule has 3 aromatic rings. The molecule has 0 saturated heterocycles. The maximum absolute atomic E-state index is 12.5. The number of carbonyl (C=O) groups is 2. The van der Waals surface area contributed by atoms with Crippen LogP contribution in [0.15, 0.2) is 66.7 Å². The number of methoxy groups -OCH3 is 2. The Morgan fingerprint density at radius 2 is 1.61 bits per heavy atom. The molecule has 0 aliphatic heterocycles. The van der Waals surface area contributed by atoms with Gasteiger partial charge >= 0.3 is 0 Å². The van der Waals surface area contributed by atoms with E-state index in [2.05, 4.69) is 16.0 Å². The van der Waals surface area contributed by atoms with E-state index in [1.807, 2.05) is 0 Å². The Kier molecular flexibility index (Phi) is 9.04. The summed E-state index contributed by atoms with van der Waals surface area (Å²) in [5.41, 5.74) is 1.59. The van der Waals surface area contributed by atoms with Crippen LogP contribution < -0.4 is 30.2 Å². The number of amides is 2. The summed E-state index contributed by atoms with van der Waals surface area (Å²) in [6.07, 6.45) is 0. The van der Waals surface area contributed by atoms with Gasteiger partial charge < -0.3 is 30.2 Å². The van der Waals surface area contributed by atoms with E-state index in [0.29, 0.717) is 47.3 Å². The summed E-state index contributed by atoms with van der Waals surface area (Å²) in [7, 11) is 2.95. The van der Waals surface area contributed by atoms with Crippen LogP contribution >= 0.6 is 0 Å². The molecule has 0 bridgehead atoms. The maximum atomic E-state index is 12.5. The number of nitro benzene ring substituents is 1. The van der Waals surface area contributed by atoms with Crippen molar-refractivity contribution in [1.29, 1.82) is 0 Å². The van der Waals surface area contributed by atoms with Crippen LogP contribution in [0.1, 0.15) is 10.4 Å². The number of anilines is 2. The van der Waals surface area contributed by atoms with Gasteiger partial charge in [0, 0.05) is 36.5 Å². The average molecular weight is 495 g/mol. The third-order valence-corrected chi connectivity index (χ3v) is 4.98. The minimum atomic E-state index is -0.467. The van der Waals surface area contributed by atoms with Gasteiger partial charge in [-0.05, 0) is 42.5 Å². The Morgan fingerprint density at radius 3 is 2.31 bits per heavy atom. The van der Waals surface area contributed by atoms with E-state index < -0.39 is 4.92 Å². The van der Waals surface area contributed by atoms with E-state index in [0.717, 1.165) is 0 Å². The molecular weight excluding hydrogens is 468 g/mol. The molecule has 2 amide bonds. The van der Waals surface area contributed by atoms with Crippen LogP contribution in [0.4, 0.5) is 17.1 Å². The number of carbonyl (C=O) groups excluding carboxylic acids is 2. The van der Waals surface area contributed by atoms with E-state index in [4.69, 9.17) is 14.2 Å². The topological polar surface area (TPSA) is 141 Å². The van der Waals surface area contributed by atoms with Crippen LogP contribution in [0.25, 0.3) is 0 Å². The summed E-state index contributed by atoms with van der Waals surface area (Å²) in [5.74, 6) is 0.436. The molecule has 0 spiro atoms. The van der Waals surface area contributed by atoms with Gasteiger partial charge in [-0.3, -0.25) is 19.7 Å². The first-order chi connectivity index (χ1) is 17.4. The van der Waals surface area contributed by atoms with Crippen molar-refractivity contribution in [1.82, 2.24) is 5.32 Å². The highest BCUT2D eigenvalue weighted by atomic mass is 16.6. The van der Waals surface area contributed by atoms with Crippen molar-refractivity contribution in [3.8, 4) is 17.2 Å². The molecular formula is C25H26N4O7. The lowest BCUT2D eigenvalue weighted by molar-refractivity contribution is -0.384. The van der Waals surface area contributed by atoms with Crippen molar-refractivity contribution in [2.45, 2.75) is 0 Å². The Balaban J connectivity index is 1.49. The number of nitrogens with one attached hydrogen (secondary N) is 3. The quantitative estimate of drug-likeness (QED) is 0.197. The van der Waals surface area contributed by atoms with Crippen molar-refractivity contribution >= 4 is 28.9 Å². The Labute approximate surface area is 207 Å². The second kappa shape index (κ2) is 12.6. The monoisotopic (exact) mass is 494 g/mol. The Hall–Kier alpha value is -4.80. The van der Waals surface area contributed by atoms with E-state index in [-0.39, 0.29) is 24.1 Å². The lowest BCUT2D eigenvalue weighted by Gasteiger charge is -2.13. The molecule has 0 radical (unpaired) electrons. The van der Waals surface area contributed by atoms with Crippen molar-refractivity contribution in [2.75, 3.05) is 44.5 Å². The normalized spacial score (nSPS) is 10.2. The van der Waals surface area contributed by atoms with Gasteiger partial charge in [0.1, 0.15) is 5.75 Å². The molecule has 11 heteroatoms. The van der Waals surface area contributed by atoms with E-state index in [9.17, 15) is 19.7 Å². The third-order valence-electron chi connectivity index (χ3n) is 4.98. The molecule has 3 N–H and O–H groups in total. The van der Waals surface area contributed by atoms with Crippen molar-refractivity contribution in [3.63, 3.8) is 0 Å². The van der Waals surface area contributed by atoms with E-state index in [1.165, 1.54) is 32.4 Å². The zero-order chi connectivity index (χ0) is 25.9. The number of para-hydroxylation sites is 2. The van der Waals surface area contributed by atoms with E-state index in [1.54, 1.807) is 48.5 Å². The average Bonchev–Trinajstić information content (AvgIpc) is 2.90. The van der Waals surface area contributed by atoms with Gasteiger partial charge in [0.15, 0.2) is 18.1 Å². The summed E-state index contributed by atoms with van der Waals surface area (Å²) in [4.78, 5) is 35.0. The van der Waals surface area contributed by atoms with Gasteiger partial charge in [-0.25, -0.2) is 0 Å². The Bertz CT molecular complexity index is 1220. The number of nitrogens with zero attached hydrogens (tertiary/aromatic N) is 1. The number of benzene rings is 3. The van der Waals surface area contributed by atoms with Crippen molar-refractivity contribution in [2.24, 2.45) is 0 Å². The number of rotatable bonds is 12. The first-order valence-corrected chi connectivity index (χ1v) is 10.9. The Morgan fingerprint density at radius 1 is 0.889 bits per heavy atom. The van der Waals surface area contributed by atoms with Crippen LogP contribution in [0.5, 0.6) is 17.2 Å². The molecule has 0 atom stereocenters. The van der Waals surface area contributed by atoms with Gasteiger partial charge in [0.2, 0.25) is 0 Å². The molecule has 0 aliphatic carbocycles. The maximum Gasteiger partial charge on any atom is 0.269 e. The van der Waals surface area contributed by atoms with Crippen molar-refractivity contribution in [3.05, 3.63) is 82.4 Å². The molecule has 3 rings (SSSR count). The van der Waals surface area contributed by atoms with Gasteiger partial charge in [0.25, 0.3) is 17.5 Å². The first-order valence-electron chi connectivity index (χ1n) is 10.9. The summed E-state index contributed by atoms with van der Waals surface area (Å²) in [6.45, 7) is 0.469. The summed E-state index contributed by atoms with van der Waals surface area (Å²) < 4.78 is 16.1. The van der Waals surface area contributed by atoms with Crippen LogP contribution in [0, 0.1) is 10.1 Å².